The van der Waals surface area contributed by atoms with Crippen molar-refractivity contribution in [3.63, 3.8) is 0 Å². The van der Waals surface area contributed by atoms with Crippen molar-refractivity contribution in [2.45, 2.75) is 46.7 Å². The van der Waals surface area contributed by atoms with Crippen LogP contribution in [-0.4, -0.2) is 39.0 Å². The molecule has 6 N–H and O–H groups in total. The number of aromatic nitrogens is 8. The Hall–Kier alpha value is -7.02. The number of nitrogen functional groups attached to an aromatic ring is 2. The van der Waals surface area contributed by atoms with Crippen molar-refractivity contribution < 1.29 is 0 Å². The Labute approximate surface area is 429 Å². The lowest BCUT2D eigenvalue weighted by Gasteiger charge is -2.22. The molecule has 0 saturated heterocycles. The number of fused-ring (bicyclic) bond motifs is 2. The van der Waals surface area contributed by atoms with E-state index >= 15 is 0 Å². The van der Waals surface area contributed by atoms with Crippen molar-refractivity contribution in [2.24, 2.45) is 0 Å². The van der Waals surface area contributed by atoms with Gasteiger partial charge in [-0.2, -0.15) is 9.97 Å². The second-order valence-electron chi connectivity index (χ2n) is 15.9. The normalized spacial score (nSPS) is 11.8. The monoisotopic (exact) mass is 1070 g/mol. The molecule has 6 aromatic heterocycles. The number of anilines is 4. The fraction of sp³-hybridized carbons (Fsp3) is 0.137. The lowest BCUT2D eigenvalue weighted by Crippen LogP contribution is -2.26. The Bertz CT molecular complexity index is 3590. The number of nitrogens with two attached hydrogens (primary N) is 2. The molecule has 14 nitrogen and oxygen atoms in total. The Balaban J connectivity index is 0.000000167. The predicted molar refractivity (Wildman–Crippen MR) is 291 cm³/mol. The minimum Gasteiger partial charge on any atom is -0.368 e. The number of nitrogens with zero attached hydrogens (tertiary/aromatic N) is 8. The number of aryl methyl sites for hydroxylation is 3. The van der Waals surface area contributed by atoms with E-state index in [9.17, 15) is 9.59 Å². The van der Waals surface area contributed by atoms with Gasteiger partial charge in [-0.05, 0) is 110 Å². The van der Waals surface area contributed by atoms with E-state index < -0.39 is 0 Å². The van der Waals surface area contributed by atoms with E-state index in [1.54, 1.807) is 45.0 Å². The molecule has 0 unspecified atom stereocenters. The van der Waals surface area contributed by atoms with Gasteiger partial charge in [0, 0.05) is 57.3 Å². The van der Waals surface area contributed by atoms with Gasteiger partial charge in [-0.1, -0.05) is 83.9 Å². The maximum Gasteiger partial charge on any atom is 0.264 e. The van der Waals surface area contributed by atoms with Crippen molar-refractivity contribution in [2.75, 3.05) is 22.1 Å². The molecule has 4 aromatic carbocycles. The first-order chi connectivity index (χ1) is 33.7. The van der Waals surface area contributed by atoms with E-state index in [-0.39, 0.29) is 35.1 Å². The van der Waals surface area contributed by atoms with Crippen LogP contribution >= 0.6 is 61.8 Å². The van der Waals surface area contributed by atoms with Gasteiger partial charge < -0.3 is 22.1 Å². The second-order valence-corrected chi connectivity index (χ2v) is 19.5. The summed E-state index contributed by atoms with van der Waals surface area (Å²) in [4.78, 5) is 52.6. The van der Waals surface area contributed by atoms with Gasteiger partial charge >= 0.3 is 0 Å². The molecular weight excluding hydrogens is 1030 g/mol. The average molecular weight is 1070 g/mol. The number of thiazole rings is 2. The van der Waals surface area contributed by atoms with Gasteiger partial charge in [-0.25, -0.2) is 19.9 Å². The summed E-state index contributed by atoms with van der Waals surface area (Å²) in [5.41, 5.74) is 17.1. The van der Waals surface area contributed by atoms with Crippen molar-refractivity contribution in [1.29, 1.82) is 0 Å². The molecule has 0 aliphatic rings. The maximum absolute atomic E-state index is 13.7. The third-order valence-corrected chi connectivity index (χ3v) is 13.9. The van der Waals surface area contributed by atoms with Crippen LogP contribution in [-0.2, 0) is 0 Å². The number of rotatable bonds is 9. The second kappa shape index (κ2) is 21.7. The number of halogens is 3. The fourth-order valence-corrected chi connectivity index (χ4v) is 9.88. The molecule has 2 atom stereocenters. The van der Waals surface area contributed by atoms with Crippen LogP contribution < -0.4 is 33.2 Å². The van der Waals surface area contributed by atoms with Crippen LogP contribution in [0.3, 0.4) is 0 Å². The van der Waals surface area contributed by atoms with Crippen LogP contribution in [0.1, 0.15) is 53.7 Å². The zero-order chi connectivity index (χ0) is 49.6. The summed E-state index contributed by atoms with van der Waals surface area (Å²) in [6.07, 6.45) is 3.25. The van der Waals surface area contributed by atoms with Gasteiger partial charge in [-0.3, -0.25) is 18.7 Å². The molecule has 0 bridgehead atoms. The fourth-order valence-electron chi connectivity index (χ4n) is 7.65. The molecule has 70 heavy (non-hydrogen) atoms. The van der Waals surface area contributed by atoms with Crippen LogP contribution in [0.4, 0.5) is 23.5 Å². The van der Waals surface area contributed by atoms with E-state index in [4.69, 9.17) is 34.7 Å². The van der Waals surface area contributed by atoms with Gasteiger partial charge in [0.15, 0.2) is 0 Å². The molecule has 354 valence electrons. The van der Waals surface area contributed by atoms with Crippen LogP contribution in [0.25, 0.3) is 43.5 Å². The van der Waals surface area contributed by atoms with E-state index in [0.29, 0.717) is 36.9 Å². The van der Waals surface area contributed by atoms with E-state index in [1.165, 1.54) is 11.3 Å². The quantitative estimate of drug-likeness (QED) is 0.107. The Morgan fingerprint density at radius 1 is 0.600 bits per heavy atom. The molecular formula is C51H45BrCl2N12O2S2. The highest BCUT2D eigenvalue weighted by atomic mass is 79.9. The third kappa shape index (κ3) is 11.0. The summed E-state index contributed by atoms with van der Waals surface area (Å²) < 4.78 is 4.03. The van der Waals surface area contributed by atoms with Crippen molar-refractivity contribution in [3.8, 4) is 21.9 Å². The molecule has 6 heterocycles. The van der Waals surface area contributed by atoms with Crippen LogP contribution in [0.5, 0.6) is 0 Å². The first-order valence-corrected chi connectivity index (χ1v) is 25.0. The topological polar surface area (TPSA) is 197 Å². The number of para-hydroxylation sites is 2. The van der Waals surface area contributed by atoms with Crippen LogP contribution in [0.2, 0.25) is 10.0 Å². The summed E-state index contributed by atoms with van der Waals surface area (Å²) in [7, 11) is 0. The molecule has 0 aliphatic carbocycles. The lowest BCUT2D eigenvalue weighted by molar-refractivity contribution is 0.772. The molecule has 0 spiro atoms. The largest absolute Gasteiger partial charge is 0.368 e. The molecule has 10 rings (SSSR count). The number of nitrogens with one attached hydrogen (secondary N) is 2. The molecule has 0 radical (unpaired) electrons. The predicted octanol–water partition coefficient (Wildman–Crippen LogP) is 12.3. The molecule has 19 heteroatoms. The van der Waals surface area contributed by atoms with Gasteiger partial charge in [0.25, 0.3) is 11.1 Å². The average Bonchev–Trinajstić information content (AvgIpc) is 3.96. The highest BCUT2D eigenvalue weighted by molar-refractivity contribution is 9.10. The van der Waals surface area contributed by atoms with Crippen LogP contribution in [0.15, 0.2) is 146 Å². The summed E-state index contributed by atoms with van der Waals surface area (Å²) in [6.45, 7) is 9.88. The first kappa shape index (κ1) is 49.4. The highest BCUT2D eigenvalue weighted by Gasteiger charge is 2.22. The number of hydrogen-bond acceptors (Lipinski definition) is 14. The summed E-state index contributed by atoms with van der Waals surface area (Å²) in [5, 5.41) is 16.1. The van der Waals surface area contributed by atoms with Crippen molar-refractivity contribution >= 4 is 107 Å². The Morgan fingerprint density at radius 3 is 1.53 bits per heavy atom. The Morgan fingerprint density at radius 2 is 1.07 bits per heavy atom. The van der Waals surface area contributed by atoms with Gasteiger partial charge in [0.05, 0.1) is 47.9 Å². The Kier molecular flexibility index (Phi) is 15.3. The van der Waals surface area contributed by atoms with Crippen LogP contribution in [0, 0.1) is 20.8 Å². The third-order valence-electron chi connectivity index (χ3n) is 10.8. The summed E-state index contributed by atoms with van der Waals surface area (Å²) in [6, 6.07) is 33.2. The zero-order valence-electron chi connectivity index (χ0n) is 38.4. The van der Waals surface area contributed by atoms with Gasteiger partial charge in [-0.15, -0.1) is 22.7 Å². The molecule has 0 amide bonds. The lowest BCUT2D eigenvalue weighted by atomic mass is 10.1. The first-order valence-electron chi connectivity index (χ1n) is 21.7. The summed E-state index contributed by atoms with van der Waals surface area (Å²) >= 11 is 19.4. The molecule has 0 fully saturated rings. The SMILES string of the molecule is C[C@H](Nc1nc(N)ncc1Br)c1cc2cccc(Cl)c2c(=O)n1-c1ccccc1.Cc1csc(-c2cnc(N)nc2N[C@@H](C)c2cc3cccc(Cl)c3c(=O)n2-c2ccccc2)n1.Cc1csc(C)n1. The zero-order valence-corrected chi connectivity index (χ0v) is 43.1. The summed E-state index contributed by atoms with van der Waals surface area (Å²) in [5.74, 6) is 1.40. The smallest absolute Gasteiger partial charge is 0.264 e. The van der Waals surface area contributed by atoms with Crippen molar-refractivity contribution in [1.82, 2.24) is 39.0 Å². The minimum atomic E-state index is -0.314. The molecule has 0 saturated carbocycles. The standard InChI is InChI=1S/C25H21ClN6OS.C21H17BrClN5O.C5H7NS/c1-14-13-34-23(29-14)18-12-28-25(27)31-22(18)30-15(2)20-11-16-7-6-10-19(26)21(16)24(33)32(20)17-8-4-3-5-9-17;1-12(26-19-15(22)11-25-21(24)27-19)17-10-13-6-5-9-16(23)18(13)20(29)28(17)14-7-3-2-4-8-14;1-4-3-7-5(2)6-4/h3-13,15H,1-2H3,(H3,27,28,30,31);2-12H,1H3,(H3,24,25,26,27);3H,1-2H3/t15-;12-;/m00./s1. The van der Waals surface area contributed by atoms with E-state index in [0.717, 1.165) is 60.5 Å². The number of hydrogen-bond donors (Lipinski definition) is 4. The molecule has 10 aromatic rings. The highest BCUT2D eigenvalue weighted by Crippen LogP contribution is 2.34. The number of benzene rings is 4. The van der Waals surface area contributed by atoms with Crippen molar-refractivity contribution in [3.05, 3.63) is 195 Å². The van der Waals surface area contributed by atoms with E-state index in [2.05, 4.69) is 61.8 Å². The molecule has 0 aliphatic heterocycles. The van der Waals surface area contributed by atoms with Gasteiger partial charge in [0.1, 0.15) is 16.6 Å². The number of pyridine rings is 2. The van der Waals surface area contributed by atoms with Gasteiger partial charge in [0.2, 0.25) is 11.9 Å². The van der Waals surface area contributed by atoms with E-state index in [1.807, 2.05) is 137 Å². The minimum absolute atomic E-state index is 0.150. The maximum atomic E-state index is 13.7.